The highest BCUT2D eigenvalue weighted by Crippen LogP contribution is 2.40. The first-order valence-corrected chi connectivity index (χ1v) is 15.2. The highest BCUT2D eigenvalue weighted by molar-refractivity contribution is 5.82. The second-order valence-electron chi connectivity index (χ2n) is 11.0. The molecule has 0 aromatic heterocycles. The van der Waals surface area contributed by atoms with E-state index in [9.17, 15) is 14.4 Å². The number of carbonyl (C=O) groups excluding carboxylic acids is 3. The molecule has 0 saturated heterocycles. The van der Waals surface area contributed by atoms with Gasteiger partial charge in [-0.25, -0.2) is 14.4 Å². The molecular formula is C38H42O9. The van der Waals surface area contributed by atoms with Crippen LogP contribution in [0.15, 0.2) is 111 Å². The van der Waals surface area contributed by atoms with Crippen LogP contribution < -0.4 is 14.2 Å². The number of hydrogen-bond donors (Lipinski definition) is 0. The second kappa shape index (κ2) is 17.4. The predicted molar refractivity (Wildman–Crippen MR) is 179 cm³/mol. The van der Waals surface area contributed by atoms with Crippen LogP contribution in [0, 0.1) is 0 Å². The average Bonchev–Trinajstić information content (AvgIpc) is 3.09. The Kier molecular flexibility index (Phi) is 13.4. The lowest BCUT2D eigenvalue weighted by Crippen LogP contribution is -2.25. The van der Waals surface area contributed by atoms with Gasteiger partial charge in [-0.2, -0.15) is 0 Å². The van der Waals surface area contributed by atoms with Crippen molar-refractivity contribution in [2.45, 2.75) is 51.4 Å². The van der Waals surface area contributed by atoms with Gasteiger partial charge in [-0.1, -0.05) is 56.1 Å². The molecule has 0 spiro atoms. The molecule has 248 valence electrons. The summed E-state index contributed by atoms with van der Waals surface area (Å²) in [6.07, 6.45) is 2.02. The maximum Gasteiger partial charge on any atom is 0.330 e. The van der Waals surface area contributed by atoms with Crippen LogP contribution >= 0.6 is 0 Å². The fourth-order valence-corrected chi connectivity index (χ4v) is 4.64. The van der Waals surface area contributed by atoms with Crippen molar-refractivity contribution in [3.05, 3.63) is 127 Å². The van der Waals surface area contributed by atoms with Gasteiger partial charge in [0.05, 0.1) is 0 Å². The van der Waals surface area contributed by atoms with Crippen molar-refractivity contribution in [3.63, 3.8) is 0 Å². The molecule has 3 unspecified atom stereocenters. The summed E-state index contributed by atoms with van der Waals surface area (Å²) in [6, 6.07) is 23.2. The Morgan fingerprint density at radius 1 is 0.532 bits per heavy atom. The zero-order valence-electron chi connectivity index (χ0n) is 27.3. The Balaban J connectivity index is 1.84. The van der Waals surface area contributed by atoms with Gasteiger partial charge in [0.25, 0.3) is 0 Å². The molecule has 9 heteroatoms. The third-order valence-electron chi connectivity index (χ3n) is 7.20. The van der Waals surface area contributed by atoms with Gasteiger partial charge in [-0.05, 0) is 80.8 Å². The van der Waals surface area contributed by atoms with Crippen molar-refractivity contribution in [3.8, 4) is 17.2 Å². The number of esters is 3. The van der Waals surface area contributed by atoms with E-state index in [0.717, 1.165) is 34.9 Å². The summed E-state index contributed by atoms with van der Waals surface area (Å²) in [5, 5.41) is 0. The van der Waals surface area contributed by atoms with Crippen molar-refractivity contribution in [2.75, 3.05) is 19.8 Å². The molecule has 0 bridgehead atoms. The first-order chi connectivity index (χ1) is 22.5. The molecule has 0 aliphatic heterocycles. The van der Waals surface area contributed by atoms with Crippen LogP contribution in [0.2, 0.25) is 0 Å². The molecule has 0 aliphatic carbocycles. The van der Waals surface area contributed by atoms with Crippen LogP contribution in [0.1, 0.15) is 44.4 Å². The van der Waals surface area contributed by atoms with Crippen LogP contribution in [0.3, 0.4) is 0 Å². The Morgan fingerprint density at radius 2 is 0.766 bits per heavy atom. The first kappa shape index (κ1) is 36.2. The molecule has 9 nitrogen and oxygen atoms in total. The number of benzene rings is 3. The summed E-state index contributed by atoms with van der Waals surface area (Å²) in [6.45, 7) is 18.2. The van der Waals surface area contributed by atoms with Crippen molar-refractivity contribution < 1.29 is 42.8 Å². The van der Waals surface area contributed by atoms with Gasteiger partial charge in [0, 0.05) is 23.6 Å². The van der Waals surface area contributed by atoms with Gasteiger partial charge in [0.15, 0.2) is 0 Å². The number of rotatable bonds is 18. The molecule has 0 saturated carbocycles. The fraction of sp³-hybridized carbons (Fsp3) is 0.289. The molecular weight excluding hydrogens is 600 g/mol. The molecule has 3 aromatic carbocycles. The molecule has 0 aliphatic rings. The summed E-state index contributed by atoms with van der Waals surface area (Å²) < 4.78 is 33.1. The molecule has 3 rings (SSSR count). The second-order valence-corrected chi connectivity index (χ2v) is 11.0. The molecule has 0 fully saturated rings. The van der Waals surface area contributed by atoms with E-state index < -0.39 is 41.6 Å². The van der Waals surface area contributed by atoms with Crippen LogP contribution in [0.25, 0.3) is 0 Å². The third kappa shape index (κ3) is 10.6. The smallest absolute Gasteiger partial charge is 0.330 e. The molecule has 3 aromatic rings. The average molecular weight is 643 g/mol. The largest absolute Gasteiger partial charge is 0.490 e. The SMILES string of the molecule is C=CC(=O)OC(C)COc1ccc(C(C)(c2ccc(OCC(C)OC(=O)C=C)cc2)c2ccc(OCC(C)OC(=O)C=C)cc2)cc1. The minimum absolute atomic E-state index is 0.190. The van der Waals surface area contributed by atoms with E-state index in [0.29, 0.717) is 17.2 Å². The Hall–Kier alpha value is -5.31. The van der Waals surface area contributed by atoms with Gasteiger partial charge in [0.1, 0.15) is 55.4 Å². The van der Waals surface area contributed by atoms with E-state index in [1.54, 1.807) is 20.8 Å². The summed E-state index contributed by atoms with van der Waals surface area (Å²) in [5.41, 5.74) is 2.37. The zero-order valence-corrected chi connectivity index (χ0v) is 27.3. The van der Waals surface area contributed by atoms with E-state index in [1.807, 2.05) is 72.8 Å². The minimum atomic E-state index is -0.609. The Morgan fingerprint density at radius 3 is 0.979 bits per heavy atom. The maximum absolute atomic E-state index is 11.5. The molecule has 3 atom stereocenters. The summed E-state index contributed by atoms with van der Waals surface area (Å²) in [7, 11) is 0. The van der Waals surface area contributed by atoms with Crippen LogP contribution in [0.4, 0.5) is 0 Å². The monoisotopic (exact) mass is 642 g/mol. The summed E-state index contributed by atoms with van der Waals surface area (Å²) in [5.74, 6) is 0.372. The molecule has 0 heterocycles. The summed E-state index contributed by atoms with van der Waals surface area (Å²) >= 11 is 0. The third-order valence-corrected chi connectivity index (χ3v) is 7.20. The van der Waals surface area contributed by atoms with Crippen LogP contribution in [-0.2, 0) is 34.0 Å². The standard InChI is InChI=1S/C38H42O9/c1-8-35(39)45-26(4)23-42-32-17-11-29(12-18-32)38(7,30-13-19-33(20-14-30)43-24-27(5)46-36(40)9-2)31-15-21-34(22-16-31)44-25-28(6)47-37(41)10-3/h8-22,26-28H,1-3,23-25H2,4-7H3. The Bertz CT molecular complexity index is 1330. The van der Waals surface area contributed by atoms with E-state index in [-0.39, 0.29) is 19.8 Å². The van der Waals surface area contributed by atoms with Crippen LogP contribution in [0.5, 0.6) is 17.2 Å². The molecule has 0 N–H and O–H groups in total. The molecule has 0 radical (unpaired) electrons. The van der Waals surface area contributed by atoms with Gasteiger partial charge in [-0.3, -0.25) is 0 Å². The number of carbonyl (C=O) groups is 3. The van der Waals surface area contributed by atoms with E-state index >= 15 is 0 Å². The van der Waals surface area contributed by atoms with Crippen molar-refractivity contribution in [1.29, 1.82) is 0 Å². The number of ether oxygens (including phenoxy) is 6. The zero-order chi connectivity index (χ0) is 34.4. The minimum Gasteiger partial charge on any atom is -0.490 e. The van der Waals surface area contributed by atoms with Gasteiger partial charge in [0.2, 0.25) is 0 Å². The Labute approximate surface area is 276 Å². The predicted octanol–water partition coefficient (Wildman–Crippen LogP) is 6.53. The first-order valence-electron chi connectivity index (χ1n) is 15.2. The highest BCUT2D eigenvalue weighted by atomic mass is 16.6. The van der Waals surface area contributed by atoms with E-state index in [1.165, 1.54) is 0 Å². The highest BCUT2D eigenvalue weighted by Gasteiger charge is 2.31. The van der Waals surface area contributed by atoms with Crippen molar-refractivity contribution >= 4 is 17.9 Å². The topological polar surface area (TPSA) is 107 Å². The lowest BCUT2D eigenvalue weighted by atomic mass is 9.71. The lowest BCUT2D eigenvalue weighted by molar-refractivity contribution is -0.144. The van der Waals surface area contributed by atoms with E-state index in [2.05, 4.69) is 26.7 Å². The van der Waals surface area contributed by atoms with E-state index in [4.69, 9.17) is 28.4 Å². The van der Waals surface area contributed by atoms with Crippen molar-refractivity contribution in [1.82, 2.24) is 0 Å². The quantitative estimate of drug-likeness (QED) is 0.0663. The maximum atomic E-state index is 11.5. The fourth-order valence-electron chi connectivity index (χ4n) is 4.64. The molecule has 47 heavy (non-hydrogen) atoms. The van der Waals surface area contributed by atoms with Crippen molar-refractivity contribution in [2.24, 2.45) is 0 Å². The van der Waals surface area contributed by atoms with Crippen LogP contribution in [-0.4, -0.2) is 56.0 Å². The van der Waals surface area contributed by atoms with Gasteiger partial charge in [-0.15, -0.1) is 0 Å². The number of hydrogen-bond acceptors (Lipinski definition) is 9. The molecule has 0 amide bonds. The summed E-state index contributed by atoms with van der Waals surface area (Å²) in [4.78, 5) is 34.4. The lowest BCUT2D eigenvalue weighted by Gasteiger charge is -2.32. The van der Waals surface area contributed by atoms with Gasteiger partial charge < -0.3 is 28.4 Å². The van der Waals surface area contributed by atoms with Gasteiger partial charge >= 0.3 is 17.9 Å². The normalized spacial score (nSPS) is 13.8.